The Morgan fingerprint density at radius 3 is 3.14 bits per heavy atom. The summed E-state index contributed by atoms with van der Waals surface area (Å²) in [7, 11) is 1.90. The summed E-state index contributed by atoms with van der Waals surface area (Å²) in [5.74, 6) is 0.594. The Bertz CT molecular complexity index is 254. The number of ether oxygens (including phenoxy) is 1. The summed E-state index contributed by atoms with van der Waals surface area (Å²) >= 11 is 1.51. The largest absolute Gasteiger partial charge is 0.371 e. The van der Waals surface area contributed by atoms with Crippen molar-refractivity contribution in [3.8, 4) is 0 Å². The molecule has 80 valence electrons. The topological polar surface area (TPSA) is 64.9 Å². The molecule has 0 aliphatic carbocycles. The van der Waals surface area contributed by atoms with Crippen LogP contribution in [0.3, 0.4) is 0 Å². The molecule has 0 aliphatic heterocycles. The number of hydrogen-bond donors (Lipinski definition) is 1. The van der Waals surface area contributed by atoms with Gasteiger partial charge < -0.3 is 10.1 Å². The minimum absolute atomic E-state index is 0.594. The van der Waals surface area contributed by atoms with Gasteiger partial charge in [-0.1, -0.05) is 11.8 Å². The molecule has 1 heterocycles. The SMILES string of the molecule is CCOCSc1nnnn1CCNC. The van der Waals surface area contributed by atoms with E-state index in [4.69, 9.17) is 4.74 Å². The van der Waals surface area contributed by atoms with Crippen LogP contribution in [0.5, 0.6) is 0 Å². The highest BCUT2D eigenvalue weighted by Gasteiger charge is 2.05. The van der Waals surface area contributed by atoms with Gasteiger partial charge in [-0.3, -0.25) is 0 Å². The number of nitrogens with zero attached hydrogens (tertiary/aromatic N) is 4. The highest BCUT2D eigenvalue weighted by atomic mass is 32.2. The van der Waals surface area contributed by atoms with E-state index in [-0.39, 0.29) is 0 Å². The second-order valence-electron chi connectivity index (χ2n) is 2.54. The second-order valence-corrected chi connectivity index (χ2v) is 3.43. The van der Waals surface area contributed by atoms with Crippen LogP contribution in [-0.2, 0) is 11.3 Å². The average Bonchev–Trinajstić information content (AvgIpc) is 2.63. The summed E-state index contributed by atoms with van der Waals surface area (Å²) in [4.78, 5) is 0. The summed E-state index contributed by atoms with van der Waals surface area (Å²) in [5.41, 5.74) is 0. The lowest BCUT2D eigenvalue weighted by Crippen LogP contribution is -2.16. The minimum Gasteiger partial charge on any atom is -0.371 e. The molecule has 1 N–H and O–H groups in total. The molecule has 0 fully saturated rings. The van der Waals surface area contributed by atoms with Crippen molar-refractivity contribution in [3.05, 3.63) is 0 Å². The first-order chi connectivity index (χ1) is 6.88. The zero-order chi connectivity index (χ0) is 10.2. The van der Waals surface area contributed by atoms with Gasteiger partial charge in [0.25, 0.3) is 0 Å². The summed E-state index contributed by atoms with van der Waals surface area (Å²) in [6, 6.07) is 0. The molecule has 1 aromatic rings. The molecule has 0 saturated heterocycles. The zero-order valence-electron chi connectivity index (χ0n) is 8.43. The van der Waals surface area contributed by atoms with Crippen LogP contribution in [0, 0.1) is 0 Å². The van der Waals surface area contributed by atoms with Crippen LogP contribution in [0.4, 0.5) is 0 Å². The summed E-state index contributed by atoms with van der Waals surface area (Å²) in [5, 5.41) is 15.2. The van der Waals surface area contributed by atoms with Crippen molar-refractivity contribution in [2.45, 2.75) is 18.6 Å². The molecule has 0 aliphatic rings. The van der Waals surface area contributed by atoms with E-state index in [1.54, 1.807) is 4.68 Å². The van der Waals surface area contributed by atoms with Gasteiger partial charge in [0.2, 0.25) is 5.16 Å². The summed E-state index contributed by atoms with van der Waals surface area (Å²) in [6.07, 6.45) is 0. The smallest absolute Gasteiger partial charge is 0.211 e. The fraction of sp³-hybridized carbons (Fsp3) is 0.857. The minimum atomic E-state index is 0.594. The van der Waals surface area contributed by atoms with Crippen molar-refractivity contribution in [2.24, 2.45) is 0 Å². The van der Waals surface area contributed by atoms with Gasteiger partial charge in [-0.25, -0.2) is 4.68 Å². The van der Waals surface area contributed by atoms with Crippen molar-refractivity contribution < 1.29 is 4.74 Å². The molecule has 0 unspecified atom stereocenters. The van der Waals surface area contributed by atoms with Crippen LogP contribution >= 0.6 is 11.8 Å². The van der Waals surface area contributed by atoms with E-state index in [9.17, 15) is 0 Å². The van der Waals surface area contributed by atoms with E-state index in [1.807, 2.05) is 14.0 Å². The predicted octanol–water partition coefficient (Wildman–Crippen LogP) is -0.0214. The van der Waals surface area contributed by atoms with Gasteiger partial charge in [0, 0.05) is 13.2 Å². The van der Waals surface area contributed by atoms with Crippen molar-refractivity contribution in [1.82, 2.24) is 25.5 Å². The van der Waals surface area contributed by atoms with Crippen LogP contribution in [0.2, 0.25) is 0 Å². The molecular formula is C7H15N5OS. The number of tetrazole rings is 1. The Balaban J connectivity index is 2.37. The van der Waals surface area contributed by atoms with Crippen LogP contribution in [0.25, 0.3) is 0 Å². The molecule has 6 nitrogen and oxygen atoms in total. The van der Waals surface area contributed by atoms with Gasteiger partial charge in [0.1, 0.15) is 0 Å². The van der Waals surface area contributed by atoms with Crippen molar-refractivity contribution in [3.63, 3.8) is 0 Å². The first-order valence-electron chi connectivity index (χ1n) is 4.49. The molecule has 1 aromatic heterocycles. The average molecular weight is 217 g/mol. The first kappa shape index (κ1) is 11.4. The molecule has 0 atom stereocenters. The molecule has 14 heavy (non-hydrogen) atoms. The molecule has 0 bridgehead atoms. The number of thioether (sulfide) groups is 1. The Morgan fingerprint density at radius 1 is 1.57 bits per heavy atom. The third kappa shape index (κ3) is 3.60. The quantitative estimate of drug-likeness (QED) is 0.393. The van der Waals surface area contributed by atoms with E-state index in [2.05, 4.69) is 20.8 Å². The van der Waals surface area contributed by atoms with Crippen LogP contribution in [0.1, 0.15) is 6.92 Å². The molecule has 1 rings (SSSR count). The van der Waals surface area contributed by atoms with Gasteiger partial charge in [-0.2, -0.15) is 0 Å². The van der Waals surface area contributed by atoms with Gasteiger partial charge in [0.05, 0.1) is 12.5 Å². The van der Waals surface area contributed by atoms with E-state index in [0.717, 1.165) is 18.2 Å². The lowest BCUT2D eigenvalue weighted by Gasteiger charge is -2.03. The van der Waals surface area contributed by atoms with Crippen LogP contribution < -0.4 is 5.32 Å². The highest BCUT2D eigenvalue weighted by molar-refractivity contribution is 7.99. The van der Waals surface area contributed by atoms with Crippen LogP contribution in [-0.4, -0.2) is 46.3 Å². The Hall–Kier alpha value is -0.660. The third-order valence-corrected chi connectivity index (χ3v) is 2.38. The van der Waals surface area contributed by atoms with Crippen LogP contribution in [0.15, 0.2) is 5.16 Å². The first-order valence-corrected chi connectivity index (χ1v) is 5.48. The standard InChI is InChI=1S/C7H15N5OS/c1-3-13-6-14-7-9-10-11-12(7)5-4-8-2/h8H,3-6H2,1-2H3. The normalized spacial score (nSPS) is 10.7. The van der Waals surface area contributed by atoms with Gasteiger partial charge in [-0.15, -0.1) is 5.10 Å². The van der Waals surface area contributed by atoms with Gasteiger partial charge >= 0.3 is 0 Å². The lowest BCUT2D eigenvalue weighted by molar-refractivity contribution is 0.199. The molecule has 0 aromatic carbocycles. The van der Waals surface area contributed by atoms with E-state index >= 15 is 0 Å². The zero-order valence-corrected chi connectivity index (χ0v) is 9.25. The maximum absolute atomic E-state index is 5.20. The Labute approximate surface area is 87.4 Å². The predicted molar refractivity (Wildman–Crippen MR) is 54.1 cm³/mol. The van der Waals surface area contributed by atoms with Crippen molar-refractivity contribution in [2.75, 3.05) is 26.1 Å². The maximum Gasteiger partial charge on any atom is 0.211 e. The Morgan fingerprint density at radius 2 is 2.43 bits per heavy atom. The number of likely N-dealkylation sites (N-methyl/N-ethyl adjacent to an activating group) is 1. The summed E-state index contributed by atoms with van der Waals surface area (Å²) < 4.78 is 6.97. The maximum atomic E-state index is 5.20. The second kappa shape index (κ2) is 6.74. The molecule has 0 radical (unpaired) electrons. The number of rotatable bonds is 7. The van der Waals surface area contributed by atoms with Crippen molar-refractivity contribution >= 4 is 11.8 Å². The third-order valence-electron chi connectivity index (χ3n) is 1.55. The lowest BCUT2D eigenvalue weighted by atomic mass is 10.6. The highest BCUT2D eigenvalue weighted by Crippen LogP contribution is 2.12. The Kier molecular flexibility index (Phi) is 5.50. The van der Waals surface area contributed by atoms with Gasteiger partial charge in [-0.05, 0) is 24.4 Å². The number of hydrogen-bond acceptors (Lipinski definition) is 6. The van der Waals surface area contributed by atoms with E-state index in [0.29, 0.717) is 12.5 Å². The molecule has 0 amide bonds. The molecule has 0 saturated carbocycles. The monoisotopic (exact) mass is 217 g/mol. The summed E-state index contributed by atoms with van der Waals surface area (Å²) in [6.45, 7) is 4.31. The van der Waals surface area contributed by atoms with E-state index in [1.165, 1.54) is 11.8 Å². The molecule has 7 heteroatoms. The fourth-order valence-electron chi connectivity index (χ4n) is 0.836. The number of aromatic nitrogens is 4. The molecular weight excluding hydrogens is 202 g/mol. The van der Waals surface area contributed by atoms with Gasteiger partial charge in [0.15, 0.2) is 0 Å². The number of nitrogens with one attached hydrogen (secondary N) is 1. The van der Waals surface area contributed by atoms with Crippen molar-refractivity contribution in [1.29, 1.82) is 0 Å². The van der Waals surface area contributed by atoms with E-state index < -0.39 is 0 Å². The fourth-order valence-corrected chi connectivity index (χ4v) is 1.56. The molecule has 0 spiro atoms.